The van der Waals surface area contributed by atoms with Crippen molar-refractivity contribution in [2.45, 2.75) is 62.6 Å². The molecule has 0 bridgehead atoms. The summed E-state index contributed by atoms with van der Waals surface area (Å²) in [5.41, 5.74) is -0.700. The number of anilines is 1. The Morgan fingerprint density at radius 1 is 1.11 bits per heavy atom. The van der Waals surface area contributed by atoms with Crippen molar-refractivity contribution in [1.29, 1.82) is 0 Å². The van der Waals surface area contributed by atoms with E-state index in [1.807, 2.05) is 0 Å². The van der Waals surface area contributed by atoms with Crippen LogP contribution in [-0.4, -0.2) is 40.1 Å². The summed E-state index contributed by atoms with van der Waals surface area (Å²) < 4.78 is 73.6. The highest BCUT2D eigenvalue weighted by Gasteiger charge is 2.35. The van der Waals surface area contributed by atoms with Gasteiger partial charge in [0.2, 0.25) is 5.91 Å². The fourth-order valence-electron chi connectivity index (χ4n) is 4.01. The maximum absolute atomic E-state index is 13.4. The topological polar surface area (TPSA) is 75.7 Å². The minimum absolute atomic E-state index is 0.148. The molecule has 198 valence electrons. The standard InChI is InChI=1S/C25H30ClF3N2O4S/c1-18-8-11-21(12-9-18)36(33,34)31(19-10-13-23(26)22(16-19)25(27,28)29)17-24(32)30-14-5-15-35-20-6-3-2-4-7-20/h8-13,16,20H,2-7,14-15,17H2,1H3,(H,30,32). The minimum Gasteiger partial charge on any atom is -0.378 e. The zero-order valence-electron chi connectivity index (χ0n) is 20.0. The lowest BCUT2D eigenvalue weighted by molar-refractivity contribution is -0.137. The van der Waals surface area contributed by atoms with Crippen molar-refractivity contribution in [2.75, 3.05) is 24.0 Å². The Bertz CT molecular complexity index is 1130. The summed E-state index contributed by atoms with van der Waals surface area (Å²) in [6, 6.07) is 8.59. The smallest absolute Gasteiger partial charge is 0.378 e. The molecule has 0 saturated heterocycles. The number of nitrogens with zero attached hydrogens (tertiary/aromatic N) is 1. The predicted molar refractivity (Wildman–Crippen MR) is 133 cm³/mol. The van der Waals surface area contributed by atoms with Crippen LogP contribution in [0.25, 0.3) is 0 Å². The molecule has 1 N–H and O–H groups in total. The number of aryl methyl sites for hydroxylation is 1. The number of benzene rings is 2. The normalized spacial score (nSPS) is 15.0. The monoisotopic (exact) mass is 546 g/mol. The average molecular weight is 547 g/mol. The quantitative estimate of drug-likeness (QED) is 0.387. The lowest BCUT2D eigenvalue weighted by atomic mass is 9.98. The van der Waals surface area contributed by atoms with E-state index < -0.39 is 39.2 Å². The van der Waals surface area contributed by atoms with E-state index in [1.165, 1.54) is 18.6 Å². The summed E-state index contributed by atoms with van der Waals surface area (Å²) in [5, 5.41) is 2.07. The number of halogens is 4. The number of carbonyl (C=O) groups is 1. The molecule has 1 saturated carbocycles. The zero-order valence-corrected chi connectivity index (χ0v) is 21.6. The third kappa shape index (κ3) is 7.60. The van der Waals surface area contributed by atoms with Crippen LogP contribution in [-0.2, 0) is 25.7 Å². The molecule has 0 aromatic heterocycles. The molecule has 11 heteroatoms. The third-order valence-corrected chi connectivity index (χ3v) is 8.11. The molecule has 0 aliphatic heterocycles. The molecule has 1 aliphatic carbocycles. The van der Waals surface area contributed by atoms with E-state index in [0.29, 0.717) is 23.4 Å². The number of amides is 1. The minimum atomic E-state index is -4.80. The van der Waals surface area contributed by atoms with Crippen molar-refractivity contribution in [3.8, 4) is 0 Å². The predicted octanol–water partition coefficient (Wildman–Crippen LogP) is 5.72. The molecule has 6 nitrogen and oxygen atoms in total. The van der Waals surface area contributed by atoms with Crippen molar-refractivity contribution >= 4 is 33.2 Å². The van der Waals surface area contributed by atoms with Crippen LogP contribution in [0.1, 0.15) is 49.7 Å². The van der Waals surface area contributed by atoms with Crippen LogP contribution in [0.3, 0.4) is 0 Å². The van der Waals surface area contributed by atoms with Crippen LogP contribution in [0.15, 0.2) is 47.4 Å². The molecule has 0 atom stereocenters. The van der Waals surface area contributed by atoms with Crippen LogP contribution in [0.5, 0.6) is 0 Å². The second kappa shape index (κ2) is 12.3. The first-order valence-electron chi connectivity index (χ1n) is 11.8. The third-order valence-electron chi connectivity index (χ3n) is 5.99. The molecule has 0 heterocycles. The Hall–Kier alpha value is -2.30. The number of sulfonamides is 1. The number of rotatable bonds is 10. The highest BCUT2D eigenvalue weighted by molar-refractivity contribution is 7.92. The molecule has 2 aromatic rings. The first-order chi connectivity index (χ1) is 17.0. The fourth-order valence-corrected chi connectivity index (χ4v) is 5.64. The largest absolute Gasteiger partial charge is 0.417 e. The van der Waals surface area contributed by atoms with Crippen LogP contribution in [0.2, 0.25) is 5.02 Å². The van der Waals surface area contributed by atoms with Crippen molar-refractivity contribution in [1.82, 2.24) is 5.32 Å². The van der Waals surface area contributed by atoms with Gasteiger partial charge in [0.15, 0.2) is 0 Å². The first kappa shape index (κ1) is 28.3. The van der Waals surface area contributed by atoms with Gasteiger partial charge in [-0.15, -0.1) is 0 Å². The van der Waals surface area contributed by atoms with Gasteiger partial charge in [0, 0.05) is 13.2 Å². The van der Waals surface area contributed by atoms with Crippen LogP contribution in [0.4, 0.5) is 18.9 Å². The highest BCUT2D eigenvalue weighted by atomic mass is 35.5. The van der Waals surface area contributed by atoms with Gasteiger partial charge in [-0.3, -0.25) is 9.10 Å². The fraction of sp³-hybridized carbons (Fsp3) is 0.480. The van der Waals surface area contributed by atoms with Crippen LogP contribution < -0.4 is 9.62 Å². The Kier molecular flexibility index (Phi) is 9.66. The van der Waals surface area contributed by atoms with Crippen molar-refractivity contribution in [3.63, 3.8) is 0 Å². The maximum atomic E-state index is 13.4. The molecule has 1 amide bonds. The van der Waals surface area contributed by atoms with E-state index in [9.17, 15) is 26.4 Å². The molecule has 2 aromatic carbocycles. The average Bonchev–Trinajstić information content (AvgIpc) is 2.83. The number of nitrogens with one attached hydrogen (secondary N) is 1. The van der Waals surface area contributed by atoms with Crippen molar-refractivity contribution < 1.29 is 31.1 Å². The molecular formula is C25H30ClF3N2O4S. The maximum Gasteiger partial charge on any atom is 0.417 e. The summed E-state index contributed by atoms with van der Waals surface area (Å²) in [6.07, 6.45) is 1.53. The van der Waals surface area contributed by atoms with Crippen LogP contribution >= 0.6 is 11.6 Å². The Morgan fingerprint density at radius 3 is 2.42 bits per heavy atom. The number of hydrogen-bond donors (Lipinski definition) is 1. The second-order valence-electron chi connectivity index (χ2n) is 8.82. The summed E-state index contributed by atoms with van der Waals surface area (Å²) in [7, 11) is -4.35. The van der Waals surface area contributed by atoms with Crippen molar-refractivity contribution in [3.05, 3.63) is 58.6 Å². The SMILES string of the molecule is Cc1ccc(S(=O)(=O)N(CC(=O)NCCCOC2CCCCC2)c2ccc(Cl)c(C(F)(F)F)c2)cc1. The summed E-state index contributed by atoms with van der Waals surface area (Å²) in [4.78, 5) is 12.5. The van der Waals surface area contributed by atoms with Gasteiger partial charge in [-0.05, 0) is 56.5 Å². The molecule has 1 fully saturated rings. The van der Waals surface area contributed by atoms with Crippen LogP contribution in [0, 0.1) is 6.92 Å². The number of hydrogen-bond acceptors (Lipinski definition) is 4. The van der Waals surface area contributed by atoms with E-state index in [2.05, 4.69) is 5.32 Å². The lowest BCUT2D eigenvalue weighted by Gasteiger charge is -2.25. The van der Waals surface area contributed by atoms with Gasteiger partial charge in [-0.25, -0.2) is 8.42 Å². The summed E-state index contributed by atoms with van der Waals surface area (Å²) >= 11 is 5.72. The van der Waals surface area contributed by atoms with E-state index in [0.717, 1.165) is 43.4 Å². The Morgan fingerprint density at radius 2 is 1.78 bits per heavy atom. The summed E-state index contributed by atoms with van der Waals surface area (Å²) in [6.45, 7) is 1.79. The first-order valence-corrected chi connectivity index (χ1v) is 13.6. The van der Waals surface area contributed by atoms with E-state index in [4.69, 9.17) is 16.3 Å². The van der Waals surface area contributed by atoms with Gasteiger partial charge in [0.05, 0.1) is 27.3 Å². The van der Waals surface area contributed by atoms with Gasteiger partial charge < -0.3 is 10.1 Å². The Labute approximate surface area is 214 Å². The summed E-state index contributed by atoms with van der Waals surface area (Å²) in [5.74, 6) is -0.646. The molecule has 0 unspecified atom stereocenters. The van der Waals surface area contributed by atoms with Crippen molar-refractivity contribution in [2.24, 2.45) is 0 Å². The van der Waals surface area contributed by atoms with Gasteiger partial charge in [-0.2, -0.15) is 13.2 Å². The second-order valence-corrected chi connectivity index (χ2v) is 11.1. The van der Waals surface area contributed by atoms with Gasteiger partial charge in [0.1, 0.15) is 6.54 Å². The van der Waals surface area contributed by atoms with Gasteiger partial charge >= 0.3 is 6.18 Å². The lowest BCUT2D eigenvalue weighted by Crippen LogP contribution is -2.41. The molecule has 0 spiro atoms. The Balaban J connectivity index is 1.75. The zero-order chi connectivity index (χ0) is 26.3. The van der Waals surface area contributed by atoms with Gasteiger partial charge in [-0.1, -0.05) is 48.6 Å². The molecule has 36 heavy (non-hydrogen) atoms. The molecular weight excluding hydrogens is 517 g/mol. The van der Waals surface area contributed by atoms with E-state index in [-0.39, 0.29) is 23.2 Å². The van der Waals surface area contributed by atoms with Gasteiger partial charge in [0.25, 0.3) is 10.0 Å². The number of carbonyl (C=O) groups excluding carboxylic acids is 1. The molecule has 1 aliphatic rings. The molecule has 0 radical (unpaired) electrons. The van der Waals surface area contributed by atoms with E-state index >= 15 is 0 Å². The van der Waals surface area contributed by atoms with E-state index in [1.54, 1.807) is 19.1 Å². The number of alkyl halides is 3. The highest BCUT2D eigenvalue weighted by Crippen LogP contribution is 2.38. The molecule has 3 rings (SSSR count). The number of ether oxygens (including phenoxy) is 1.